The van der Waals surface area contributed by atoms with Gasteiger partial charge in [-0.3, -0.25) is 9.69 Å². The van der Waals surface area contributed by atoms with Gasteiger partial charge in [-0.2, -0.15) is 5.10 Å². The number of rotatable bonds is 8. The van der Waals surface area contributed by atoms with E-state index in [1.807, 2.05) is 91.9 Å². The van der Waals surface area contributed by atoms with E-state index in [2.05, 4.69) is 20.2 Å². The van der Waals surface area contributed by atoms with E-state index in [9.17, 15) is 9.59 Å². The van der Waals surface area contributed by atoms with Gasteiger partial charge in [0.15, 0.2) is 0 Å². The second-order valence-electron chi connectivity index (χ2n) is 9.21. The number of nitrogens with one attached hydrogen (secondary N) is 1. The number of benzene rings is 3. The van der Waals surface area contributed by atoms with Crippen LogP contribution >= 0.6 is 0 Å². The number of hydrogen-bond donors (Lipinski definition) is 1. The van der Waals surface area contributed by atoms with Crippen LogP contribution in [0.3, 0.4) is 0 Å². The molecule has 5 rings (SSSR count). The van der Waals surface area contributed by atoms with Crippen molar-refractivity contribution < 1.29 is 4.79 Å². The maximum Gasteiger partial charge on any atom is 0.350 e. The van der Waals surface area contributed by atoms with Gasteiger partial charge in [0, 0.05) is 44.1 Å². The third-order valence-corrected chi connectivity index (χ3v) is 6.75. The minimum absolute atomic E-state index is 0.0238. The molecule has 190 valence electrons. The fraction of sp³-hybridized carbons (Fsp3) is 0.276. The quantitative estimate of drug-likeness (QED) is 0.400. The summed E-state index contributed by atoms with van der Waals surface area (Å²) >= 11 is 0. The van der Waals surface area contributed by atoms with Gasteiger partial charge in [0.1, 0.15) is 12.4 Å². The van der Waals surface area contributed by atoms with Gasteiger partial charge in [0.05, 0.1) is 5.69 Å². The molecule has 2 heterocycles. The van der Waals surface area contributed by atoms with E-state index in [-0.39, 0.29) is 17.6 Å². The molecule has 0 aliphatic carbocycles. The average Bonchev–Trinajstić information content (AvgIpc) is 3.30. The summed E-state index contributed by atoms with van der Waals surface area (Å²) in [7, 11) is 0. The highest BCUT2D eigenvalue weighted by atomic mass is 16.2. The first-order valence-corrected chi connectivity index (χ1v) is 12.8. The summed E-state index contributed by atoms with van der Waals surface area (Å²) in [5.41, 5.74) is 3.57. The molecule has 1 atom stereocenters. The van der Waals surface area contributed by atoms with Crippen molar-refractivity contribution >= 4 is 17.3 Å². The number of hydrogen-bond acceptors (Lipinski definition) is 5. The molecule has 1 N–H and O–H groups in total. The van der Waals surface area contributed by atoms with E-state index < -0.39 is 0 Å². The van der Waals surface area contributed by atoms with Crippen LogP contribution in [0.5, 0.6) is 0 Å². The topological polar surface area (TPSA) is 75.4 Å². The Morgan fingerprint density at radius 2 is 1.49 bits per heavy atom. The van der Waals surface area contributed by atoms with Crippen molar-refractivity contribution in [1.29, 1.82) is 0 Å². The average molecular weight is 497 g/mol. The van der Waals surface area contributed by atoms with Gasteiger partial charge in [-0.15, -0.1) is 0 Å². The lowest BCUT2D eigenvalue weighted by atomic mass is 10.0. The zero-order chi connectivity index (χ0) is 25.6. The van der Waals surface area contributed by atoms with Crippen LogP contribution < -0.4 is 15.9 Å². The van der Waals surface area contributed by atoms with Crippen molar-refractivity contribution in [3.63, 3.8) is 0 Å². The minimum Gasteiger partial charge on any atom is -0.369 e. The molecule has 37 heavy (non-hydrogen) atoms. The van der Waals surface area contributed by atoms with E-state index in [1.54, 1.807) is 10.9 Å². The zero-order valence-corrected chi connectivity index (χ0v) is 21.0. The predicted molar refractivity (Wildman–Crippen MR) is 146 cm³/mol. The molecule has 0 spiro atoms. The summed E-state index contributed by atoms with van der Waals surface area (Å²) in [6.45, 7) is 5.75. The maximum absolute atomic E-state index is 13.4. The molecular weight excluding hydrogens is 464 g/mol. The van der Waals surface area contributed by atoms with Crippen LogP contribution in [0.4, 0.5) is 11.4 Å². The van der Waals surface area contributed by atoms with Crippen LogP contribution in [0.2, 0.25) is 0 Å². The molecule has 0 radical (unpaired) electrons. The van der Waals surface area contributed by atoms with Gasteiger partial charge in [-0.1, -0.05) is 55.5 Å². The molecule has 1 aromatic heterocycles. The van der Waals surface area contributed by atoms with Crippen LogP contribution in [0.15, 0.2) is 96.1 Å². The largest absolute Gasteiger partial charge is 0.369 e. The lowest BCUT2D eigenvalue weighted by Crippen LogP contribution is -2.50. The van der Waals surface area contributed by atoms with Crippen LogP contribution in [-0.4, -0.2) is 51.3 Å². The standard InChI is InChI=1S/C29H32N6O2/c1-2-17-35-29(37)34(22-30-35)26-15-13-25(14-16-26)32-18-20-33(21-19-32)27(23-9-5-3-6-10-23)28(36)31-24-11-7-4-8-12-24/h3-16,22,27H,2,17-21H2,1H3,(H,31,36). The second-order valence-corrected chi connectivity index (χ2v) is 9.21. The molecule has 1 amide bonds. The number of para-hydroxylation sites is 1. The van der Waals surface area contributed by atoms with E-state index >= 15 is 0 Å². The SMILES string of the molecule is CCCn1ncn(-c2ccc(N3CCN(C(C(=O)Nc4ccccc4)c4ccccc4)CC3)cc2)c1=O. The van der Waals surface area contributed by atoms with Crippen LogP contribution in [0, 0.1) is 0 Å². The van der Waals surface area contributed by atoms with Crippen LogP contribution in [-0.2, 0) is 11.3 Å². The highest BCUT2D eigenvalue weighted by Gasteiger charge is 2.30. The number of carbonyl (C=O) groups excluding carboxylic acids is 1. The highest BCUT2D eigenvalue weighted by Crippen LogP contribution is 2.26. The Hall–Kier alpha value is -4.17. The molecule has 0 bridgehead atoms. The molecule has 1 aliphatic rings. The summed E-state index contributed by atoms with van der Waals surface area (Å²) in [4.78, 5) is 30.5. The summed E-state index contributed by atoms with van der Waals surface area (Å²) in [5, 5.41) is 7.29. The Balaban J connectivity index is 1.27. The van der Waals surface area contributed by atoms with Gasteiger partial charge < -0.3 is 10.2 Å². The summed E-state index contributed by atoms with van der Waals surface area (Å²) in [6, 6.07) is 27.2. The number of piperazine rings is 1. The number of aryl methyl sites for hydroxylation is 1. The Labute approximate surface area is 216 Å². The van der Waals surface area contributed by atoms with Gasteiger partial charge in [0.25, 0.3) is 0 Å². The Kier molecular flexibility index (Phi) is 7.46. The number of nitrogens with zero attached hydrogens (tertiary/aromatic N) is 5. The lowest BCUT2D eigenvalue weighted by Gasteiger charge is -2.39. The van der Waals surface area contributed by atoms with E-state index in [0.717, 1.165) is 55.2 Å². The van der Waals surface area contributed by atoms with Crippen LogP contribution in [0.1, 0.15) is 24.9 Å². The fourth-order valence-corrected chi connectivity index (χ4v) is 4.84. The van der Waals surface area contributed by atoms with Gasteiger partial charge in [-0.05, 0) is 48.4 Å². The molecule has 0 saturated carbocycles. The van der Waals surface area contributed by atoms with E-state index in [4.69, 9.17) is 0 Å². The third kappa shape index (κ3) is 5.49. The predicted octanol–water partition coefficient (Wildman–Crippen LogP) is 3.95. The Bertz CT molecular complexity index is 1360. The fourth-order valence-electron chi connectivity index (χ4n) is 4.84. The summed E-state index contributed by atoms with van der Waals surface area (Å²) in [6.07, 6.45) is 2.44. The zero-order valence-electron chi connectivity index (χ0n) is 21.0. The molecule has 1 saturated heterocycles. The van der Waals surface area contributed by atoms with Gasteiger partial charge in [-0.25, -0.2) is 14.0 Å². The third-order valence-electron chi connectivity index (χ3n) is 6.75. The second kappa shape index (κ2) is 11.3. The van der Waals surface area contributed by atoms with Gasteiger partial charge >= 0.3 is 5.69 Å². The molecular formula is C29H32N6O2. The van der Waals surface area contributed by atoms with E-state index in [0.29, 0.717) is 6.54 Å². The van der Waals surface area contributed by atoms with Crippen molar-refractivity contribution in [2.75, 3.05) is 36.4 Å². The normalized spacial score (nSPS) is 14.9. The molecule has 1 unspecified atom stereocenters. The van der Waals surface area contributed by atoms with E-state index in [1.165, 1.54) is 4.68 Å². The Morgan fingerprint density at radius 3 is 2.14 bits per heavy atom. The van der Waals surface area contributed by atoms with Gasteiger partial charge in [0.2, 0.25) is 5.91 Å². The number of amides is 1. The minimum atomic E-state index is -0.363. The monoisotopic (exact) mass is 496 g/mol. The highest BCUT2D eigenvalue weighted by molar-refractivity contribution is 5.95. The first-order valence-electron chi connectivity index (χ1n) is 12.8. The molecule has 4 aromatic rings. The van der Waals surface area contributed by atoms with Crippen molar-refractivity contribution in [3.05, 3.63) is 107 Å². The maximum atomic E-state index is 13.4. The molecule has 8 nitrogen and oxygen atoms in total. The van der Waals surface area contributed by atoms with Crippen molar-refractivity contribution in [1.82, 2.24) is 19.2 Å². The number of anilines is 2. The molecule has 1 fully saturated rings. The number of aromatic nitrogens is 3. The molecule has 8 heteroatoms. The summed E-state index contributed by atoms with van der Waals surface area (Å²) < 4.78 is 3.07. The smallest absolute Gasteiger partial charge is 0.350 e. The summed E-state index contributed by atoms with van der Waals surface area (Å²) in [5.74, 6) is -0.0238. The van der Waals surface area contributed by atoms with Crippen molar-refractivity contribution in [2.45, 2.75) is 25.9 Å². The first kappa shape index (κ1) is 24.5. The Morgan fingerprint density at radius 1 is 0.865 bits per heavy atom. The molecule has 3 aromatic carbocycles. The lowest BCUT2D eigenvalue weighted by molar-refractivity contribution is -0.121. The molecule has 1 aliphatic heterocycles. The first-order chi connectivity index (χ1) is 18.1. The van der Waals surface area contributed by atoms with Crippen LogP contribution in [0.25, 0.3) is 5.69 Å². The van der Waals surface area contributed by atoms with Crippen molar-refractivity contribution in [2.24, 2.45) is 0 Å². The number of carbonyl (C=O) groups is 1. The van der Waals surface area contributed by atoms with Crippen molar-refractivity contribution in [3.8, 4) is 5.69 Å².